The van der Waals surface area contributed by atoms with E-state index < -0.39 is 12.1 Å². The van der Waals surface area contributed by atoms with Crippen LogP contribution in [0.5, 0.6) is 0 Å². The number of nitrogens with zero attached hydrogens (tertiary/aromatic N) is 3. The summed E-state index contributed by atoms with van der Waals surface area (Å²) < 4.78 is 13.8. The van der Waals surface area contributed by atoms with Gasteiger partial charge in [-0.2, -0.15) is 4.39 Å². The Morgan fingerprint density at radius 1 is 1.19 bits per heavy atom. The van der Waals surface area contributed by atoms with Crippen molar-refractivity contribution in [3.8, 4) is 0 Å². The van der Waals surface area contributed by atoms with Crippen LogP contribution in [0, 0.1) is 5.95 Å². The Bertz CT molecular complexity index is 1050. The van der Waals surface area contributed by atoms with Gasteiger partial charge in [-0.25, -0.2) is 4.98 Å². The van der Waals surface area contributed by atoms with Gasteiger partial charge in [-0.05, 0) is 49.1 Å². The maximum atomic E-state index is 13.8. The van der Waals surface area contributed by atoms with E-state index in [2.05, 4.69) is 15.3 Å². The van der Waals surface area contributed by atoms with Gasteiger partial charge in [0.15, 0.2) is 0 Å². The molecule has 32 heavy (non-hydrogen) atoms. The molecule has 0 bridgehead atoms. The van der Waals surface area contributed by atoms with E-state index in [9.17, 15) is 14.3 Å². The monoisotopic (exact) mass is 434 g/mol. The number of aliphatic hydroxyl groups is 1. The summed E-state index contributed by atoms with van der Waals surface area (Å²) >= 11 is 0. The summed E-state index contributed by atoms with van der Waals surface area (Å²) in [5, 5.41) is 14.1. The minimum atomic E-state index is -0.575. The molecule has 2 aromatic heterocycles. The fourth-order valence-electron chi connectivity index (χ4n) is 4.20. The third kappa shape index (κ3) is 5.18. The summed E-state index contributed by atoms with van der Waals surface area (Å²) in [6.45, 7) is 0.160. The van der Waals surface area contributed by atoms with Gasteiger partial charge in [-0.3, -0.25) is 9.78 Å². The smallest absolute Gasteiger partial charge is 0.253 e. The standard InChI is InChI=1S/C25H27FN4O2/c1-30(16-20-5-3-13-28-24(20)26)25(32)18-8-6-17(7-9-18)14-21-10-11-22(29-21)23(31)19-4-2-12-27-15-19/h2-9,12-13,15,21-23,29,31H,10-11,14,16H2,1H3/t21-,22+,23+/m0/s1. The number of benzene rings is 1. The lowest BCUT2D eigenvalue weighted by molar-refractivity contribution is 0.0783. The predicted octanol–water partition coefficient (Wildman–Crippen LogP) is 3.28. The van der Waals surface area contributed by atoms with E-state index in [0.29, 0.717) is 11.1 Å². The number of aliphatic hydroxyl groups excluding tert-OH is 1. The minimum absolute atomic E-state index is 0.00609. The van der Waals surface area contributed by atoms with E-state index in [4.69, 9.17) is 0 Å². The molecule has 2 N–H and O–H groups in total. The molecule has 1 fully saturated rings. The van der Waals surface area contributed by atoms with Crippen LogP contribution in [-0.4, -0.2) is 45.0 Å². The maximum Gasteiger partial charge on any atom is 0.253 e. The molecular formula is C25H27FN4O2. The Morgan fingerprint density at radius 2 is 1.97 bits per heavy atom. The molecule has 0 unspecified atom stereocenters. The van der Waals surface area contributed by atoms with Gasteiger partial charge in [0.25, 0.3) is 5.91 Å². The molecule has 1 saturated heterocycles. The Morgan fingerprint density at radius 3 is 2.69 bits per heavy atom. The van der Waals surface area contributed by atoms with Crippen LogP contribution in [0.3, 0.4) is 0 Å². The van der Waals surface area contributed by atoms with Gasteiger partial charge in [0, 0.05) is 54.4 Å². The number of halogens is 1. The number of carbonyl (C=O) groups excluding carboxylic acids is 1. The first-order valence-corrected chi connectivity index (χ1v) is 10.8. The van der Waals surface area contributed by atoms with E-state index in [-0.39, 0.29) is 24.5 Å². The minimum Gasteiger partial charge on any atom is -0.387 e. The quantitative estimate of drug-likeness (QED) is 0.558. The van der Waals surface area contributed by atoms with Gasteiger partial charge in [0.2, 0.25) is 5.95 Å². The van der Waals surface area contributed by atoms with Crippen molar-refractivity contribution in [2.45, 2.75) is 44.0 Å². The van der Waals surface area contributed by atoms with Crippen molar-refractivity contribution in [2.24, 2.45) is 0 Å². The van der Waals surface area contributed by atoms with Crippen LogP contribution >= 0.6 is 0 Å². The Kier molecular flexibility index (Phi) is 6.87. The molecule has 3 heterocycles. The number of aromatic nitrogens is 2. The van der Waals surface area contributed by atoms with E-state index >= 15 is 0 Å². The van der Waals surface area contributed by atoms with E-state index in [1.807, 2.05) is 36.4 Å². The molecule has 7 heteroatoms. The highest BCUT2D eigenvalue weighted by Crippen LogP contribution is 2.26. The highest BCUT2D eigenvalue weighted by atomic mass is 19.1. The maximum absolute atomic E-state index is 13.8. The lowest BCUT2D eigenvalue weighted by Gasteiger charge is -2.20. The molecular weight excluding hydrogens is 407 g/mol. The third-order valence-electron chi connectivity index (χ3n) is 5.96. The lowest BCUT2D eigenvalue weighted by atomic mass is 10.0. The highest BCUT2D eigenvalue weighted by Gasteiger charge is 2.30. The molecule has 6 nitrogen and oxygen atoms in total. The summed E-state index contributed by atoms with van der Waals surface area (Å²) in [5.41, 5.74) is 2.89. The predicted molar refractivity (Wildman–Crippen MR) is 119 cm³/mol. The van der Waals surface area contributed by atoms with Gasteiger partial charge in [-0.15, -0.1) is 0 Å². The number of carbonyl (C=O) groups is 1. The first kappa shape index (κ1) is 22.0. The first-order valence-electron chi connectivity index (χ1n) is 10.8. The topological polar surface area (TPSA) is 78.4 Å². The van der Waals surface area contributed by atoms with Crippen molar-refractivity contribution in [1.29, 1.82) is 0 Å². The van der Waals surface area contributed by atoms with E-state index in [1.54, 1.807) is 31.6 Å². The Hall–Kier alpha value is -3.16. The van der Waals surface area contributed by atoms with Gasteiger partial charge < -0.3 is 15.3 Å². The molecule has 1 amide bonds. The number of hydrogen-bond acceptors (Lipinski definition) is 5. The largest absolute Gasteiger partial charge is 0.387 e. The van der Waals surface area contributed by atoms with Crippen LogP contribution in [0.25, 0.3) is 0 Å². The molecule has 0 spiro atoms. The summed E-state index contributed by atoms with van der Waals surface area (Å²) in [4.78, 5) is 21.9. The van der Waals surface area contributed by atoms with Crippen molar-refractivity contribution in [3.05, 3.63) is 95.3 Å². The summed E-state index contributed by atoms with van der Waals surface area (Å²) in [6, 6.07) is 14.8. The van der Waals surface area contributed by atoms with Crippen molar-refractivity contribution < 1.29 is 14.3 Å². The summed E-state index contributed by atoms with van der Waals surface area (Å²) in [6.07, 6.45) is 6.91. The van der Waals surface area contributed by atoms with E-state index in [0.717, 1.165) is 30.4 Å². The fourth-order valence-corrected chi connectivity index (χ4v) is 4.20. The van der Waals surface area contributed by atoms with Crippen molar-refractivity contribution in [1.82, 2.24) is 20.2 Å². The molecule has 1 aromatic carbocycles. The summed E-state index contributed by atoms with van der Waals surface area (Å²) in [5.74, 6) is -0.725. The zero-order valence-corrected chi connectivity index (χ0v) is 18.0. The number of rotatable bonds is 7. The van der Waals surface area contributed by atoms with Gasteiger partial charge in [0.05, 0.1) is 12.6 Å². The first-order chi connectivity index (χ1) is 15.5. The molecule has 4 rings (SSSR count). The zero-order chi connectivity index (χ0) is 22.5. The molecule has 0 aliphatic carbocycles. The highest BCUT2D eigenvalue weighted by molar-refractivity contribution is 5.94. The van der Waals surface area contributed by atoms with Crippen molar-refractivity contribution in [3.63, 3.8) is 0 Å². The second kappa shape index (κ2) is 9.97. The number of nitrogens with one attached hydrogen (secondary N) is 1. The normalized spacial score (nSPS) is 19.0. The van der Waals surface area contributed by atoms with Crippen molar-refractivity contribution in [2.75, 3.05) is 7.05 Å². The number of amides is 1. The molecule has 1 aliphatic rings. The lowest BCUT2D eigenvalue weighted by Crippen LogP contribution is -2.35. The van der Waals surface area contributed by atoms with Crippen molar-refractivity contribution >= 4 is 5.91 Å². The molecule has 1 aliphatic heterocycles. The average molecular weight is 435 g/mol. The molecule has 0 radical (unpaired) electrons. The van der Waals surface area contributed by atoms with Crippen LogP contribution in [0.15, 0.2) is 67.1 Å². The van der Waals surface area contributed by atoms with E-state index in [1.165, 1.54) is 11.1 Å². The van der Waals surface area contributed by atoms with Gasteiger partial charge in [0.1, 0.15) is 0 Å². The van der Waals surface area contributed by atoms with Crippen LogP contribution in [0.1, 0.15) is 46.0 Å². The van der Waals surface area contributed by atoms with Crippen LogP contribution in [0.2, 0.25) is 0 Å². The van der Waals surface area contributed by atoms with Crippen LogP contribution in [-0.2, 0) is 13.0 Å². The number of hydrogen-bond donors (Lipinski definition) is 2. The average Bonchev–Trinajstić information content (AvgIpc) is 3.29. The molecule has 166 valence electrons. The second-order valence-corrected chi connectivity index (χ2v) is 8.29. The number of pyridine rings is 2. The second-order valence-electron chi connectivity index (χ2n) is 8.29. The molecule has 3 atom stereocenters. The third-order valence-corrected chi connectivity index (χ3v) is 5.96. The van der Waals surface area contributed by atoms with Gasteiger partial charge in [-0.1, -0.05) is 24.3 Å². The molecule has 3 aromatic rings. The zero-order valence-electron chi connectivity index (χ0n) is 18.0. The molecule has 0 saturated carbocycles. The van der Waals surface area contributed by atoms with Gasteiger partial charge >= 0.3 is 0 Å². The van der Waals surface area contributed by atoms with Crippen LogP contribution in [0.4, 0.5) is 4.39 Å². The van der Waals surface area contributed by atoms with Crippen LogP contribution < -0.4 is 5.32 Å². The summed E-state index contributed by atoms with van der Waals surface area (Å²) in [7, 11) is 1.65. The Labute approximate surface area is 187 Å². The SMILES string of the molecule is CN(Cc1cccnc1F)C(=O)c1ccc(C[C@@H]2CC[C@H]([C@H](O)c3cccnc3)N2)cc1. The Balaban J connectivity index is 1.32. The fraction of sp³-hybridized carbons (Fsp3) is 0.320.